The molecule has 2 heteroatoms. The molecule has 9 heavy (non-hydrogen) atoms. The molecule has 0 rings (SSSR count). The first-order valence-corrected chi connectivity index (χ1v) is 4.17. The Morgan fingerprint density at radius 3 is 2.44 bits per heavy atom. The minimum absolute atomic E-state index is 0.0256. The van der Waals surface area contributed by atoms with E-state index in [4.69, 9.17) is 4.43 Å². The lowest BCUT2D eigenvalue weighted by Gasteiger charge is -2.18. The van der Waals surface area contributed by atoms with Crippen molar-refractivity contribution in [3.05, 3.63) is 12.2 Å². The van der Waals surface area contributed by atoms with Crippen molar-refractivity contribution in [2.75, 3.05) is 0 Å². The molecule has 0 atom stereocenters. The molecule has 0 bridgehead atoms. The normalized spacial score (nSPS) is 13.2. The van der Waals surface area contributed by atoms with Crippen molar-refractivity contribution in [1.29, 1.82) is 0 Å². The largest absolute Gasteiger partial charge is 0.420 e. The second kappa shape index (κ2) is 3.85. The fourth-order valence-corrected chi connectivity index (χ4v) is 0.606. The lowest BCUT2D eigenvalue weighted by molar-refractivity contribution is 0.180. The number of hydrogen-bond acceptors (Lipinski definition) is 1. The van der Waals surface area contributed by atoms with E-state index in [1.54, 1.807) is 0 Å². The molecule has 0 aliphatic heterocycles. The molecule has 0 N–H and O–H groups in total. The molecular weight excluding hydrogens is 128 g/mol. The molecule has 0 aliphatic rings. The van der Waals surface area contributed by atoms with Gasteiger partial charge in [0.2, 0.25) is 0 Å². The predicted molar refractivity (Wildman–Crippen MR) is 44.5 cm³/mol. The number of hydrogen-bond donors (Lipinski definition) is 0. The van der Waals surface area contributed by atoms with E-state index in [2.05, 4.69) is 32.9 Å². The molecule has 0 radical (unpaired) electrons. The number of rotatable bonds is 3. The zero-order valence-electron chi connectivity index (χ0n) is 6.77. The van der Waals surface area contributed by atoms with Crippen LogP contribution in [0.2, 0.25) is 0 Å². The minimum Gasteiger partial charge on any atom is -0.420 e. The molecule has 0 saturated heterocycles. The Hall–Kier alpha value is -0.0831. The highest BCUT2D eigenvalue weighted by molar-refractivity contribution is 5.98. The fourth-order valence-electron chi connectivity index (χ4n) is 0.470. The Kier molecular flexibility index (Phi) is 3.82. The highest BCUT2D eigenvalue weighted by atomic mass is 28.2. The van der Waals surface area contributed by atoms with Crippen LogP contribution in [0.4, 0.5) is 0 Å². The van der Waals surface area contributed by atoms with Gasteiger partial charge in [0.1, 0.15) is 10.5 Å². The Labute approximate surface area is 60.6 Å². The van der Waals surface area contributed by atoms with Crippen molar-refractivity contribution in [3.63, 3.8) is 0 Å². The summed E-state index contributed by atoms with van der Waals surface area (Å²) < 4.78 is 5.29. The Morgan fingerprint density at radius 1 is 1.56 bits per heavy atom. The molecule has 0 unspecified atom stereocenters. The second-order valence-corrected chi connectivity index (χ2v) is 3.03. The molecule has 0 spiro atoms. The highest BCUT2D eigenvalue weighted by Crippen LogP contribution is 2.08. The van der Waals surface area contributed by atoms with Crippen LogP contribution in [-0.2, 0) is 4.43 Å². The predicted octanol–water partition coefficient (Wildman–Crippen LogP) is 1.03. The zero-order valence-corrected chi connectivity index (χ0v) is 8.77. The van der Waals surface area contributed by atoms with Crippen molar-refractivity contribution in [2.24, 2.45) is 0 Å². The van der Waals surface area contributed by atoms with Crippen LogP contribution in [-0.4, -0.2) is 16.1 Å². The molecule has 0 fully saturated rings. The van der Waals surface area contributed by atoms with Crippen LogP contribution in [0.5, 0.6) is 0 Å². The standard InChI is InChI=1S/C7H16OSi/c1-4-5-6-7(2,3)8-9/h5-6H,4H2,1-3,9H3/b6-5+. The first-order valence-electron chi connectivity index (χ1n) is 3.35. The van der Waals surface area contributed by atoms with E-state index < -0.39 is 0 Å². The molecule has 0 aromatic carbocycles. The summed E-state index contributed by atoms with van der Waals surface area (Å²) in [6.45, 7) is 6.28. The Balaban J connectivity index is 3.70. The summed E-state index contributed by atoms with van der Waals surface area (Å²) in [5, 5.41) is 0. The van der Waals surface area contributed by atoms with Gasteiger partial charge in [0.25, 0.3) is 0 Å². The molecule has 0 aliphatic carbocycles. The van der Waals surface area contributed by atoms with E-state index in [1.807, 2.05) is 0 Å². The Morgan fingerprint density at radius 2 is 2.11 bits per heavy atom. The van der Waals surface area contributed by atoms with Crippen LogP contribution in [0.15, 0.2) is 12.2 Å². The third kappa shape index (κ3) is 4.42. The van der Waals surface area contributed by atoms with E-state index >= 15 is 0 Å². The molecule has 0 aromatic heterocycles. The van der Waals surface area contributed by atoms with Gasteiger partial charge in [-0.05, 0) is 20.3 Å². The zero-order chi connectivity index (χ0) is 7.33. The molecule has 0 aromatic rings. The first kappa shape index (κ1) is 8.92. The lowest BCUT2D eigenvalue weighted by atomic mass is 10.1. The summed E-state index contributed by atoms with van der Waals surface area (Å²) in [6.07, 6.45) is 5.34. The van der Waals surface area contributed by atoms with Gasteiger partial charge >= 0.3 is 0 Å². The van der Waals surface area contributed by atoms with Crippen LogP contribution in [0.25, 0.3) is 0 Å². The van der Waals surface area contributed by atoms with Crippen LogP contribution in [0.1, 0.15) is 27.2 Å². The van der Waals surface area contributed by atoms with Crippen LogP contribution in [0, 0.1) is 0 Å². The van der Waals surface area contributed by atoms with Crippen LogP contribution >= 0.6 is 0 Å². The van der Waals surface area contributed by atoms with Crippen molar-refractivity contribution in [1.82, 2.24) is 0 Å². The van der Waals surface area contributed by atoms with Crippen LogP contribution < -0.4 is 0 Å². The van der Waals surface area contributed by atoms with E-state index in [1.165, 1.54) is 0 Å². The van der Waals surface area contributed by atoms with Gasteiger partial charge in [-0.1, -0.05) is 19.1 Å². The maximum atomic E-state index is 5.29. The summed E-state index contributed by atoms with van der Waals surface area (Å²) in [5.41, 5.74) is -0.0256. The molecule has 0 amide bonds. The van der Waals surface area contributed by atoms with Gasteiger partial charge in [0.05, 0.1) is 5.60 Å². The quantitative estimate of drug-likeness (QED) is 0.424. The monoisotopic (exact) mass is 144 g/mol. The Bertz CT molecular complexity index is 97.1. The maximum Gasteiger partial charge on any atom is 0.147 e. The molecule has 0 heterocycles. The lowest BCUT2D eigenvalue weighted by Crippen LogP contribution is -2.19. The molecular formula is C7H16OSi. The third-order valence-corrected chi connectivity index (χ3v) is 2.33. The molecule has 1 nitrogen and oxygen atoms in total. The fraction of sp³-hybridized carbons (Fsp3) is 0.714. The molecule has 0 saturated carbocycles. The SMILES string of the molecule is CC/C=C/C(C)(C)O[SiH3]. The van der Waals surface area contributed by atoms with E-state index in [0.717, 1.165) is 16.9 Å². The average molecular weight is 144 g/mol. The van der Waals surface area contributed by atoms with Crippen molar-refractivity contribution in [2.45, 2.75) is 32.8 Å². The summed E-state index contributed by atoms with van der Waals surface area (Å²) in [7, 11) is 0.813. The summed E-state index contributed by atoms with van der Waals surface area (Å²) >= 11 is 0. The minimum atomic E-state index is -0.0256. The van der Waals surface area contributed by atoms with E-state index in [0.29, 0.717) is 0 Å². The molecule has 54 valence electrons. The summed E-state index contributed by atoms with van der Waals surface area (Å²) in [6, 6.07) is 0. The van der Waals surface area contributed by atoms with Gasteiger partial charge in [0, 0.05) is 0 Å². The van der Waals surface area contributed by atoms with Gasteiger partial charge in [0.15, 0.2) is 0 Å². The summed E-state index contributed by atoms with van der Waals surface area (Å²) in [4.78, 5) is 0. The van der Waals surface area contributed by atoms with Gasteiger partial charge in [-0.2, -0.15) is 0 Å². The smallest absolute Gasteiger partial charge is 0.147 e. The topological polar surface area (TPSA) is 9.23 Å². The van der Waals surface area contributed by atoms with Gasteiger partial charge in [-0.15, -0.1) is 0 Å². The summed E-state index contributed by atoms with van der Waals surface area (Å²) in [5.74, 6) is 0. The van der Waals surface area contributed by atoms with Crippen molar-refractivity contribution in [3.8, 4) is 0 Å². The third-order valence-electron chi connectivity index (χ3n) is 1.28. The maximum absolute atomic E-state index is 5.29. The van der Waals surface area contributed by atoms with Crippen LogP contribution in [0.3, 0.4) is 0 Å². The average Bonchev–Trinajstić information content (AvgIpc) is 1.84. The van der Waals surface area contributed by atoms with E-state index in [-0.39, 0.29) is 5.60 Å². The first-order chi connectivity index (χ1) is 4.12. The van der Waals surface area contributed by atoms with Crippen molar-refractivity contribution >= 4 is 10.5 Å². The van der Waals surface area contributed by atoms with E-state index in [9.17, 15) is 0 Å². The van der Waals surface area contributed by atoms with Gasteiger partial charge in [-0.3, -0.25) is 0 Å². The highest BCUT2D eigenvalue weighted by Gasteiger charge is 2.08. The second-order valence-electron chi connectivity index (χ2n) is 2.62. The van der Waals surface area contributed by atoms with Gasteiger partial charge in [-0.25, -0.2) is 0 Å². The van der Waals surface area contributed by atoms with Crippen molar-refractivity contribution < 1.29 is 4.43 Å². The van der Waals surface area contributed by atoms with Gasteiger partial charge < -0.3 is 4.43 Å². The number of allylic oxidation sites excluding steroid dienone is 1.